The molecular formula is C18H23N3O3S. The van der Waals surface area contributed by atoms with Gasteiger partial charge in [-0.2, -0.15) is 0 Å². The third-order valence-corrected chi connectivity index (χ3v) is 5.00. The predicted octanol–water partition coefficient (Wildman–Crippen LogP) is 1.50. The lowest BCUT2D eigenvalue weighted by Gasteiger charge is -2.09. The number of benzene rings is 2. The highest BCUT2D eigenvalue weighted by atomic mass is 32.2. The molecule has 0 unspecified atom stereocenters. The highest BCUT2D eigenvalue weighted by molar-refractivity contribution is 7.89. The van der Waals surface area contributed by atoms with Gasteiger partial charge < -0.3 is 10.6 Å². The van der Waals surface area contributed by atoms with E-state index in [9.17, 15) is 13.2 Å². The molecule has 0 aromatic heterocycles. The van der Waals surface area contributed by atoms with Crippen LogP contribution in [0.5, 0.6) is 0 Å². The first-order valence-electron chi connectivity index (χ1n) is 8.09. The maximum Gasteiger partial charge on any atom is 0.251 e. The molecule has 0 aliphatic rings. The zero-order chi connectivity index (χ0) is 18.1. The molecule has 0 saturated carbocycles. The molecule has 0 radical (unpaired) electrons. The molecule has 6 nitrogen and oxygen atoms in total. The summed E-state index contributed by atoms with van der Waals surface area (Å²) in [5, 5.41) is 5.77. The summed E-state index contributed by atoms with van der Waals surface area (Å²) in [7, 11) is -1.84. The lowest BCUT2D eigenvalue weighted by molar-refractivity contribution is 0.0953. The Labute approximate surface area is 148 Å². The minimum absolute atomic E-state index is 0.0753. The first-order chi connectivity index (χ1) is 12.0. The fraction of sp³-hybridized carbons (Fsp3) is 0.278. The summed E-state index contributed by atoms with van der Waals surface area (Å²) in [6.45, 7) is 1.53. The normalized spacial score (nSPS) is 11.2. The van der Waals surface area contributed by atoms with Gasteiger partial charge in [-0.15, -0.1) is 0 Å². The molecule has 2 rings (SSSR count). The van der Waals surface area contributed by atoms with Gasteiger partial charge in [-0.1, -0.05) is 36.4 Å². The molecule has 0 bridgehead atoms. The number of rotatable bonds is 9. The number of sulfonamides is 1. The van der Waals surface area contributed by atoms with Crippen molar-refractivity contribution in [3.8, 4) is 0 Å². The van der Waals surface area contributed by atoms with Crippen molar-refractivity contribution in [2.45, 2.75) is 17.9 Å². The fourth-order valence-electron chi connectivity index (χ4n) is 2.23. The molecule has 1 amide bonds. The van der Waals surface area contributed by atoms with Gasteiger partial charge in [-0.25, -0.2) is 13.1 Å². The van der Waals surface area contributed by atoms with Gasteiger partial charge in [-0.05, 0) is 43.8 Å². The maximum atomic E-state index is 12.4. The summed E-state index contributed by atoms with van der Waals surface area (Å²) in [5.41, 5.74) is 1.19. The van der Waals surface area contributed by atoms with Crippen LogP contribution in [0.15, 0.2) is 59.5 Å². The number of nitrogens with one attached hydrogen (secondary N) is 3. The average molecular weight is 361 g/mol. The number of carbonyl (C=O) groups excluding carboxylic acids is 1. The summed E-state index contributed by atoms with van der Waals surface area (Å²) in [4.78, 5) is 12.2. The molecule has 7 heteroatoms. The Bertz CT molecular complexity index is 792. The second kappa shape index (κ2) is 9.31. The zero-order valence-electron chi connectivity index (χ0n) is 14.2. The largest absolute Gasteiger partial charge is 0.352 e. The number of hydrogen-bond acceptors (Lipinski definition) is 4. The Morgan fingerprint density at radius 2 is 1.76 bits per heavy atom. The summed E-state index contributed by atoms with van der Waals surface area (Å²) >= 11 is 0. The molecule has 2 aromatic rings. The van der Waals surface area contributed by atoms with Gasteiger partial charge in [0.15, 0.2) is 0 Å². The van der Waals surface area contributed by atoms with Gasteiger partial charge in [0, 0.05) is 18.7 Å². The summed E-state index contributed by atoms with van der Waals surface area (Å²) in [6.07, 6.45) is 0.804. The Kier molecular flexibility index (Phi) is 7.12. The first kappa shape index (κ1) is 19.1. The number of amides is 1. The highest BCUT2D eigenvalue weighted by Gasteiger charge is 2.16. The number of carbonyl (C=O) groups is 1. The van der Waals surface area contributed by atoms with Gasteiger partial charge in [0.1, 0.15) is 0 Å². The Balaban J connectivity index is 2.02. The van der Waals surface area contributed by atoms with Crippen LogP contribution in [0.1, 0.15) is 22.3 Å². The van der Waals surface area contributed by atoms with Crippen LogP contribution in [-0.2, 0) is 16.6 Å². The van der Waals surface area contributed by atoms with Crippen LogP contribution in [-0.4, -0.2) is 34.5 Å². The van der Waals surface area contributed by atoms with E-state index in [-0.39, 0.29) is 17.3 Å². The van der Waals surface area contributed by atoms with Crippen LogP contribution in [0, 0.1) is 0 Å². The van der Waals surface area contributed by atoms with Crippen molar-refractivity contribution in [2.75, 3.05) is 20.1 Å². The van der Waals surface area contributed by atoms with Gasteiger partial charge in [-0.3, -0.25) is 4.79 Å². The van der Waals surface area contributed by atoms with Gasteiger partial charge in [0.2, 0.25) is 10.0 Å². The standard InChI is InChI=1S/C18H23N3O3S/c1-19-11-6-12-20-18(22)16-9-5-10-17(13-16)25(23,24)21-14-15-7-3-2-4-8-15/h2-5,7-10,13,19,21H,6,11-12,14H2,1H3,(H,20,22). The van der Waals surface area contributed by atoms with Gasteiger partial charge in [0.25, 0.3) is 5.91 Å². The van der Waals surface area contributed by atoms with Crippen molar-refractivity contribution in [2.24, 2.45) is 0 Å². The van der Waals surface area contributed by atoms with Crippen molar-refractivity contribution in [3.05, 3.63) is 65.7 Å². The Morgan fingerprint density at radius 3 is 2.48 bits per heavy atom. The summed E-state index contributed by atoms with van der Waals surface area (Å²) in [6, 6.07) is 15.3. The molecule has 25 heavy (non-hydrogen) atoms. The van der Waals surface area contributed by atoms with E-state index >= 15 is 0 Å². The lowest BCUT2D eigenvalue weighted by Crippen LogP contribution is -2.27. The Morgan fingerprint density at radius 1 is 1.00 bits per heavy atom. The van der Waals surface area contributed by atoms with Crippen LogP contribution in [0.25, 0.3) is 0 Å². The molecule has 0 aliphatic heterocycles. The van der Waals surface area contributed by atoms with E-state index in [1.54, 1.807) is 12.1 Å². The molecular weight excluding hydrogens is 338 g/mol. The van der Waals surface area contributed by atoms with Crippen molar-refractivity contribution in [1.82, 2.24) is 15.4 Å². The van der Waals surface area contributed by atoms with E-state index in [1.165, 1.54) is 12.1 Å². The average Bonchev–Trinajstić information content (AvgIpc) is 2.64. The van der Waals surface area contributed by atoms with Crippen LogP contribution < -0.4 is 15.4 Å². The molecule has 0 saturated heterocycles. The second-order valence-electron chi connectivity index (χ2n) is 5.55. The minimum atomic E-state index is -3.68. The molecule has 0 spiro atoms. The van der Waals surface area contributed by atoms with E-state index in [0.29, 0.717) is 12.1 Å². The van der Waals surface area contributed by atoms with Crippen molar-refractivity contribution in [3.63, 3.8) is 0 Å². The lowest BCUT2D eigenvalue weighted by atomic mass is 10.2. The quantitative estimate of drug-likeness (QED) is 0.591. The van der Waals surface area contributed by atoms with E-state index in [0.717, 1.165) is 18.5 Å². The molecule has 2 aromatic carbocycles. The van der Waals surface area contributed by atoms with Crippen LogP contribution in [0.4, 0.5) is 0 Å². The fourth-order valence-corrected chi connectivity index (χ4v) is 3.29. The van der Waals surface area contributed by atoms with Gasteiger partial charge in [0.05, 0.1) is 4.90 Å². The highest BCUT2D eigenvalue weighted by Crippen LogP contribution is 2.12. The summed E-state index contributed by atoms with van der Waals surface area (Å²) < 4.78 is 27.4. The predicted molar refractivity (Wildman–Crippen MR) is 97.8 cm³/mol. The minimum Gasteiger partial charge on any atom is -0.352 e. The first-order valence-corrected chi connectivity index (χ1v) is 9.58. The summed E-state index contributed by atoms with van der Waals surface area (Å²) in [5.74, 6) is -0.281. The van der Waals surface area contributed by atoms with Gasteiger partial charge >= 0.3 is 0 Å². The maximum absolute atomic E-state index is 12.4. The smallest absolute Gasteiger partial charge is 0.251 e. The molecule has 3 N–H and O–H groups in total. The zero-order valence-corrected chi connectivity index (χ0v) is 15.0. The van der Waals surface area contributed by atoms with Crippen molar-refractivity contribution >= 4 is 15.9 Å². The van der Waals surface area contributed by atoms with E-state index in [1.807, 2.05) is 37.4 Å². The molecule has 134 valence electrons. The Hall–Kier alpha value is -2.22. The van der Waals surface area contributed by atoms with E-state index in [4.69, 9.17) is 0 Å². The SMILES string of the molecule is CNCCCNC(=O)c1cccc(S(=O)(=O)NCc2ccccc2)c1. The third-order valence-electron chi connectivity index (χ3n) is 3.60. The second-order valence-corrected chi connectivity index (χ2v) is 7.32. The van der Waals surface area contributed by atoms with E-state index in [2.05, 4.69) is 15.4 Å². The van der Waals surface area contributed by atoms with Crippen LogP contribution in [0.3, 0.4) is 0 Å². The third kappa shape index (κ3) is 5.97. The number of hydrogen-bond donors (Lipinski definition) is 3. The molecule has 0 aliphatic carbocycles. The van der Waals surface area contributed by atoms with Crippen LogP contribution in [0.2, 0.25) is 0 Å². The van der Waals surface area contributed by atoms with Crippen molar-refractivity contribution in [1.29, 1.82) is 0 Å². The molecule has 0 heterocycles. The monoisotopic (exact) mass is 361 g/mol. The van der Waals surface area contributed by atoms with Crippen molar-refractivity contribution < 1.29 is 13.2 Å². The molecule has 0 atom stereocenters. The topological polar surface area (TPSA) is 87.3 Å². The van der Waals surface area contributed by atoms with E-state index < -0.39 is 10.0 Å². The van der Waals surface area contributed by atoms with Crippen LogP contribution >= 0.6 is 0 Å². The molecule has 0 fully saturated rings.